The van der Waals surface area contributed by atoms with Crippen molar-refractivity contribution in [1.29, 1.82) is 0 Å². The van der Waals surface area contributed by atoms with Crippen LogP contribution in [-0.2, 0) is 18.8 Å². The van der Waals surface area contributed by atoms with Gasteiger partial charge in [0, 0.05) is 31.5 Å². The van der Waals surface area contributed by atoms with E-state index in [1.807, 2.05) is 30.5 Å². The number of carbonyl (C=O) groups excluding carboxylic acids is 1. The summed E-state index contributed by atoms with van der Waals surface area (Å²) in [7, 11) is 0. The summed E-state index contributed by atoms with van der Waals surface area (Å²) in [6.45, 7) is 3.94. The second-order valence-corrected chi connectivity index (χ2v) is 7.36. The third kappa shape index (κ3) is 4.78. The summed E-state index contributed by atoms with van der Waals surface area (Å²) in [5.74, 6) is 2.83. The van der Waals surface area contributed by atoms with Gasteiger partial charge < -0.3 is 19.3 Å². The molecule has 1 atom stereocenters. The van der Waals surface area contributed by atoms with Crippen LogP contribution in [-0.4, -0.2) is 49.5 Å². The number of imidazole rings is 1. The number of amides is 2. The molecule has 142 valence electrons. The van der Waals surface area contributed by atoms with Crippen LogP contribution in [0.25, 0.3) is 0 Å². The molecule has 8 nitrogen and oxygen atoms in total. The van der Waals surface area contributed by atoms with Crippen LogP contribution >= 0.6 is 11.8 Å². The van der Waals surface area contributed by atoms with Gasteiger partial charge in [-0.15, -0.1) is 0 Å². The van der Waals surface area contributed by atoms with E-state index in [2.05, 4.69) is 25.0 Å². The average Bonchev–Trinajstić information content (AvgIpc) is 3.27. The van der Waals surface area contributed by atoms with Gasteiger partial charge in [0.05, 0.1) is 12.3 Å². The number of urea groups is 1. The molecular weight excluding hydrogens is 352 g/mol. The molecule has 0 bridgehead atoms. The highest BCUT2D eigenvalue weighted by Crippen LogP contribution is 2.20. The normalized spacial score (nSPS) is 17.5. The van der Waals surface area contributed by atoms with E-state index in [1.165, 1.54) is 6.42 Å². The van der Waals surface area contributed by atoms with Crippen LogP contribution in [0.4, 0.5) is 4.79 Å². The predicted octanol–water partition coefficient (Wildman–Crippen LogP) is 2.59. The van der Waals surface area contributed by atoms with E-state index in [-0.39, 0.29) is 18.6 Å². The number of nitrogens with one attached hydrogen (secondary N) is 1. The minimum Gasteiger partial charge on any atom is -0.337 e. The van der Waals surface area contributed by atoms with Gasteiger partial charge in [0.15, 0.2) is 5.82 Å². The van der Waals surface area contributed by atoms with E-state index in [0.29, 0.717) is 17.5 Å². The number of nitrogens with zero attached hydrogens (tertiary/aromatic N) is 5. The maximum absolute atomic E-state index is 12.6. The zero-order valence-corrected chi connectivity index (χ0v) is 16.2. The molecule has 0 aliphatic carbocycles. The second kappa shape index (κ2) is 9.07. The monoisotopic (exact) mass is 378 g/mol. The fraction of sp³-hybridized carbons (Fsp3) is 0.647. The largest absolute Gasteiger partial charge is 0.337 e. The topological polar surface area (TPSA) is 89.1 Å². The molecule has 2 aromatic heterocycles. The summed E-state index contributed by atoms with van der Waals surface area (Å²) in [4.78, 5) is 23.1. The van der Waals surface area contributed by atoms with Gasteiger partial charge in [0.1, 0.15) is 5.82 Å². The molecular formula is C17H26N6O2S. The fourth-order valence-corrected chi connectivity index (χ4v) is 3.67. The molecule has 1 saturated heterocycles. The molecule has 1 fully saturated rings. The second-order valence-electron chi connectivity index (χ2n) is 6.50. The van der Waals surface area contributed by atoms with Gasteiger partial charge in [-0.2, -0.15) is 16.7 Å². The average molecular weight is 379 g/mol. The Morgan fingerprint density at radius 3 is 3.12 bits per heavy atom. The third-order valence-corrected chi connectivity index (χ3v) is 5.24. The number of aryl methyl sites for hydroxylation is 2. The van der Waals surface area contributed by atoms with E-state index in [0.717, 1.165) is 38.2 Å². The number of piperidine rings is 1. The van der Waals surface area contributed by atoms with E-state index < -0.39 is 0 Å². The number of hydrogen-bond acceptors (Lipinski definition) is 6. The van der Waals surface area contributed by atoms with Crippen molar-refractivity contribution in [2.45, 2.75) is 57.5 Å². The highest BCUT2D eigenvalue weighted by molar-refractivity contribution is 7.97. The standard InChI is InChI=1S/C17H26N6O2S/c1-13-18-7-10-22(13)9-6-14-5-3-4-8-23(14)17(24)19-11-16-20-15(12-26-2)21-25-16/h7,10,14H,3-6,8-9,11-12H2,1-2H3,(H,19,24)/t14-/m0/s1. The minimum absolute atomic E-state index is 0.0540. The van der Waals surface area contributed by atoms with Crippen molar-refractivity contribution in [3.8, 4) is 0 Å². The van der Waals surface area contributed by atoms with Gasteiger partial charge in [-0.1, -0.05) is 5.16 Å². The lowest BCUT2D eigenvalue weighted by Gasteiger charge is -2.35. The molecule has 0 unspecified atom stereocenters. The van der Waals surface area contributed by atoms with Gasteiger partial charge in [-0.05, 0) is 38.9 Å². The Balaban J connectivity index is 1.52. The summed E-state index contributed by atoms with van der Waals surface area (Å²) in [6, 6.07) is 0.196. The lowest BCUT2D eigenvalue weighted by molar-refractivity contribution is 0.142. The molecule has 1 N–H and O–H groups in total. The Morgan fingerprint density at radius 1 is 1.46 bits per heavy atom. The molecule has 0 radical (unpaired) electrons. The Hall–Kier alpha value is -2.03. The summed E-state index contributed by atoms with van der Waals surface area (Å²) < 4.78 is 7.31. The SMILES string of the molecule is CSCc1noc(CNC(=O)N2CCCC[C@H]2CCn2ccnc2C)n1. The van der Waals surface area contributed by atoms with Crippen LogP contribution in [0.3, 0.4) is 0 Å². The first-order chi connectivity index (χ1) is 12.7. The number of carbonyl (C=O) groups is 1. The Morgan fingerprint density at radius 2 is 2.35 bits per heavy atom. The molecule has 1 aliphatic rings. The molecule has 0 spiro atoms. The van der Waals surface area contributed by atoms with Crippen molar-refractivity contribution in [2.24, 2.45) is 0 Å². The van der Waals surface area contributed by atoms with Crippen LogP contribution in [0.15, 0.2) is 16.9 Å². The highest BCUT2D eigenvalue weighted by atomic mass is 32.2. The summed E-state index contributed by atoms with van der Waals surface area (Å²) in [5.41, 5.74) is 0. The van der Waals surface area contributed by atoms with Gasteiger partial charge in [0.2, 0.25) is 5.89 Å². The zero-order chi connectivity index (χ0) is 18.4. The van der Waals surface area contributed by atoms with Crippen LogP contribution in [0, 0.1) is 6.92 Å². The van der Waals surface area contributed by atoms with Gasteiger partial charge in [-0.3, -0.25) is 0 Å². The van der Waals surface area contributed by atoms with Crippen LogP contribution < -0.4 is 5.32 Å². The van der Waals surface area contributed by atoms with E-state index in [4.69, 9.17) is 4.52 Å². The Bertz CT molecular complexity index is 716. The molecule has 2 amide bonds. The van der Waals surface area contributed by atoms with Crippen molar-refractivity contribution >= 4 is 17.8 Å². The van der Waals surface area contributed by atoms with Gasteiger partial charge in [0.25, 0.3) is 0 Å². The number of thioether (sulfide) groups is 1. The van der Waals surface area contributed by atoms with E-state index in [1.54, 1.807) is 11.8 Å². The van der Waals surface area contributed by atoms with Gasteiger partial charge in [-0.25, -0.2) is 9.78 Å². The Labute approximate surface area is 157 Å². The van der Waals surface area contributed by atoms with Crippen LogP contribution in [0.1, 0.15) is 43.2 Å². The quantitative estimate of drug-likeness (QED) is 0.797. The summed E-state index contributed by atoms with van der Waals surface area (Å²) >= 11 is 1.63. The fourth-order valence-electron chi connectivity index (χ4n) is 3.30. The van der Waals surface area contributed by atoms with Crippen molar-refractivity contribution in [3.05, 3.63) is 29.9 Å². The first kappa shape index (κ1) is 18.8. The maximum atomic E-state index is 12.6. The molecule has 3 rings (SSSR count). The molecule has 2 aromatic rings. The molecule has 1 aliphatic heterocycles. The number of rotatable bonds is 7. The summed E-state index contributed by atoms with van der Waals surface area (Å²) in [6.07, 6.45) is 9.98. The third-order valence-electron chi connectivity index (χ3n) is 4.69. The van der Waals surface area contributed by atoms with Crippen molar-refractivity contribution in [1.82, 2.24) is 29.9 Å². The highest BCUT2D eigenvalue weighted by Gasteiger charge is 2.26. The Kier molecular flexibility index (Phi) is 6.54. The molecule has 0 aromatic carbocycles. The number of likely N-dealkylation sites (tertiary alicyclic amines) is 1. The van der Waals surface area contributed by atoms with Crippen molar-refractivity contribution in [3.63, 3.8) is 0 Å². The minimum atomic E-state index is -0.0540. The number of hydrogen-bond donors (Lipinski definition) is 1. The van der Waals surface area contributed by atoms with Crippen molar-refractivity contribution in [2.75, 3.05) is 12.8 Å². The van der Waals surface area contributed by atoms with Crippen LogP contribution in [0.2, 0.25) is 0 Å². The lowest BCUT2D eigenvalue weighted by Crippen LogP contribution is -2.48. The van der Waals surface area contributed by atoms with Gasteiger partial charge >= 0.3 is 6.03 Å². The molecule has 0 saturated carbocycles. The first-order valence-corrected chi connectivity index (χ1v) is 10.4. The zero-order valence-electron chi connectivity index (χ0n) is 15.3. The van der Waals surface area contributed by atoms with Crippen LogP contribution in [0.5, 0.6) is 0 Å². The van der Waals surface area contributed by atoms with Crippen molar-refractivity contribution < 1.29 is 9.32 Å². The smallest absolute Gasteiger partial charge is 0.318 e. The molecule has 9 heteroatoms. The maximum Gasteiger partial charge on any atom is 0.318 e. The van der Waals surface area contributed by atoms with E-state index in [9.17, 15) is 4.79 Å². The first-order valence-electron chi connectivity index (χ1n) is 9.00. The lowest BCUT2D eigenvalue weighted by atomic mass is 9.99. The molecule has 3 heterocycles. The summed E-state index contributed by atoms with van der Waals surface area (Å²) in [5, 5.41) is 6.82. The van der Waals surface area contributed by atoms with E-state index >= 15 is 0 Å². The predicted molar refractivity (Wildman–Crippen MR) is 99.7 cm³/mol. The number of aromatic nitrogens is 4. The molecule has 26 heavy (non-hydrogen) atoms.